The summed E-state index contributed by atoms with van der Waals surface area (Å²) >= 11 is 0. The van der Waals surface area contributed by atoms with Gasteiger partial charge in [-0.2, -0.15) is 5.10 Å². The van der Waals surface area contributed by atoms with Gasteiger partial charge in [-0.15, -0.1) is 24.0 Å². The van der Waals surface area contributed by atoms with E-state index in [1.807, 2.05) is 17.7 Å². The van der Waals surface area contributed by atoms with E-state index in [9.17, 15) is 4.39 Å². The number of halogens is 2. The lowest BCUT2D eigenvalue weighted by Gasteiger charge is -2.24. The molecule has 1 aromatic carbocycles. The zero-order chi connectivity index (χ0) is 18.5. The van der Waals surface area contributed by atoms with Crippen molar-refractivity contribution in [1.29, 1.82) is 0 Å². The Morgan fingerprint density at radius 3 is 2.85 bits per heavy atom. The number of nitrogens with zero attached hydrogens (tertiary/aromatic N) is 3. The highest BCUT2D eigenvalue weighted by Crippen LogP contribution is 2.21. The van der Waals surface area contributed by atoms with E-state index in [4.69, 9.17) is 5.10 Å². The molecule has 5 nitrogen and oxygen atoms in total. The van der Waals surface area contributed by atoms with Gasteiger partial charge in [0, 0.05) is 36.8 Å². The molecule has 0 saturated heterocycles. The Bertz CT molecular complexity index is 771. The zero-order valence-corrected chi connectivity index (χ0v) is 18.5. The monoisotopic (exact) mass is 485 g/mol. The van der Waals surface area contributed by atoms with E-state index in [1.54, 1.807) is 12.1 Å². The number of aromatic nitrogens is 2. The summed E-state index contributed by atoms with van der Waals surface area (Å²) in [5, 5.41) is 11.5. The molecule has 148 valence electrons. The van der Waals surface area contributed by atoms with E-state index < -0.39 is 0 Å². The predicted molar refractivity (Wildman–Crippen MR) is 118 cm³/mol. The molecule has 0 bridgehead atoms. The van der Waals surface area contributed by atoms with Crippen LogP contribution in [0.4, 0.5) is 4.39 Å². The van der Waals surface area contributed by atoms with Gasteiger partial charge in [0.05, 0.1) is 12.2 Å². The van der Waals surface area contributed by atoms with Gasteiger partial charge in [0.15, 0.2) is 5.96 Å². The second-order valence-corrected chi connectivity index (χ2v) is 7.05. The number of guanidine groups is 1. The Balaban J connectivity index is 0.00000261. The molecule has 2 aromatic rings. The Morgan fingerprint density at radius 1 is 1.37 bits per heavy atom. The maximum atomic E-state index is 13.8. The van der Waals surface area contributed by atoms with Crippen LogP contribution in [0.5, 0.6) is 0 Å². The van der Waals surface area contributed by atoms with E-state index in [2.05, 4.69) is 35.7 Å². The largest absolute Gasteiger partial charge is 0.357 e. The Labute approximate surface area is 177 Å². The van der Waals surface area contributed by atoms with E-state index in [0.717, 1.165) is 31.8 Å². The molecule has 2 N–H and O–H groups in total. The highest BCUT2D eigenvalue weighted by Gasteiger charge is 2.23. The summed E-state index contributed by atoms with van der Waals surface area (Å²) in [5.41, 5.74) is 3.13. The number of aliphatic imine (C=N–C) groups is 1. The van der Waals surface area contributed by atoms with Crippen LogP contribution in [-0.4, -0.2) is 28.3 Å². The standard InChI is InChI=1S/C20H28FN5.HI/c1-4-22-20(23-12-15-7-5-6-8-18(15)21)24-17-10-9-16-13-26(14(2)3)25-19(16)11-17;/h5-8,13-14,17H,4,9-12H2,1-3H3,(H2,22,23,24);1H. The van der Waals surface area contributed by atoms with E-state index >= 15 is 0 Å². The number of nitrogens with one attached hydrogen (secondary N) is 2. The second kappa shape index (κ2) is 10.1. The molecule has 1 aliphatic carbocycles. The number of hydrogen-bond donors (Lipinski definition) is 2. The molecule has 1 atom stereocenters. The minimum Gasteiger partial charge on any atom is -0.357 e. The topological polar surface area (TPSA) is 54.2 Å². The van der Waals surface area contributed by atoms with Gasteiger partial charge in [-0.3, -0.25) is 4.68 Å². The number of hydrogen-bond acceptors (Lipinski definition) is 2. The highest BCUT2D eigenvalue weighted by atomic mass is 127. The van der Waals surface area contributed by atoms with Crippen LogP contribution in [0.1, 0.15) is 50.1 Å². The summed E-state index contributed by atoms with van der Waals surface area (Å²) < 4.78 is 15.8. The first kappa shape index (κ1) is 21.7. The first-order valence-electron chi connectivity index (χ1n) is 9.42. The summed E-state index contributed by atoms with van der Waals surface area (Å²) in [6, 6.07) is 7.44. The molecule has 0 fully saturated rings. The number of fused-ring (bicyclic) bond motifs is 1. The Hall–Kier alpha value is -1.64. The minimum absolute atomic E-state index is 0. The summed E-state index contributed by atoms with van der Waals surface area (Å²) in [7, 11) is 0. The van der Waals surface area contributed by atoms with Crippen molar-refractivity contribution in [3.63, 3.8) is 0 Å². The molecule has 0 aliphatic heterocycles. The van der Waals surface area contributed by atoms with Crippen LogP contribution in [0, 0.1) is 5.82 Å². The molecule has 1 aliphatic rings. The molecule has 1 heterocycles. The van der Waals surface area contributed by atoms with Crippen molar-refractivity contribution in [2.45, 2.75) is 58.7 Å². The van der Waals surface area contributed by atoms with Crippen LogP contribution in [0.15, 0.2) is 35.5 Å². The molecule has 0 saturated carbocycles. The van der Waals surface area contributed by atoms with Gasteiger partial charge in [0.2, 0.25) is 0 Å². The maximum absolute atomic E-state index is 13.8. The van der Waals surface area contributed by atoms with Crippen LogP contribution in [0.3, 0.4) is 0 Å². The maximum Gasteiger partial charge on any atom is 0.191 e. The molecule has 0 radical (unpaired) electrons. The lowest BCUT2D eigenvalue weighted by atomic mass is 9.94. The van der Waals surface area contributed by atoms with Gasteiger partial charge in [-0.25, -0.2) is 9.38 Å². The van der Waals surface area contributed by atoms with Gasteiger partial charge in [-0.1, -0.05) is 18.2 Å². The van der Waals surface area contributed by atoms with Gasteiger partial charge in [-0.05, 0) is 45.2 Å². The SMILES string of the molecule is CCNC(=NCc1ccccc1F)NC1CCc2cn(C(C)C)nc2C1.I. The normalized spacial score (nSPS) is 16.6. The molecule has 0 spiro atoms. The van der Waals surface area contributed by atoms with E-state index in [0.29, 0.717) is 18.2 Å². The number of aryl methyl sites for hydroxylation is 1. The van der Waals surface area contributed by atoms with Crippen LogP contribution in [0.2, 0.25) is 0 Å². The van der Waals surface area contributed by atoms with Crippen molar-refractivity contribution in [3.05, 3.63) is 53.1 Å². The molecular weight excluding hydrogens is 456 g/mol. The first-order valence-corrected chi connectivity index (χ1v) is 9.42. The second-order valence-electron chi connectivity index (χ2n) is 7.05. The van der Waals surface area contributed by atoms with Crippen LogP contribution in [-0.2, 0) is 19.4 Å². The molecule has 3 rings (SSSR count). The van der Waals surface area contributed by atoms with Gasteiger partial charge >= 0.3 is 0 Å². The smallest absolute Gasteiger partial charge is 0.191 e. The van der Waals surface area contributed by atoms with Crippen molar-refractivity contribution in [1.82, 2.24) is 20.4 Å². The van der Waals surface area contributed by atoms with Crippen LogP contribution < -0.4 is 10.6 Å². The van der Waals surface area contributed by atoms with E-state index in [1.165, 1.54) is 17.3 Å². The molecule has 7 heteroatoms. The quantitative estimate of drug-likeness (QED) is 0.385. The first-order chi connectivity index (χ1) is 12.6. The fraction of sp³-hybridized carbons (Fsp3) is 0.500. The van der Waals surface area contributed by atoms with Crippen molar-refractivity contribution in [2.75, 3.05) is 6.54 Å². The lowest BCUT2D eigenvalue weighted by Crippen LogP contribution is -2.45. The number of benzene rings is 1. The van der Waals surface area contributed by atoms with Crippen molar-refractivity contribution >= 4 is 29.9 Å². The molecule has 0 amide bonds. The third-order valence-electron chi connectivity index (χ3n) is 4.68. The molecular formula is C20H29FIN5. The fourth-order valence-electron chi connectivity index (χ4n) is 3.20. The highest BCUT2D eigenvalue weighted by molar-refractivity contribution is 14.0. The third kappa shape index (κ3) is 5.67. The molecule has 1 unspecified atom stereocenters. The van der Waals surface area contributed by atoms with Gasteiger partial charge < -0.3 is 10.6 Å². The van der Waals surface area contributed by atoms with Gasteiger partial charge in [0.25, 0.3) is 0 Å². The Kier molecular flexibility index (Phi) is 8.07. The Morgan fingerprint density at radius 2 is 2.15 bits per heavy atom. The fourth-order valence-corrected chi connectivity index (χ4v) is 3.20. The minimum atomic E-state index is -0.214. The van der Waals surface area contributed by atoms with Crippen LogP contribution >= 0.6 is 24.0 Å². The van der Waals surface area contributed by atoms with Gasteiger partial charge in [0.1, 0.15) is 5.82 Å². The van der Waals surface area contributed by atoms with Crippen molar-refractivity contribution in [3.8, 4) is 0 Å². The summed E-state index contributed by atoms with van der Waals surface area (Å²) in [6.07, 6.45) is 5.13. The summed E-state index contributed by atoms with van der Waals surface area (Å²) in [6.45, 7) is 7.41. The average molecular weight is 485 g/mol. The predicted octanol–water partition coefficient (Wildman–Crippen LogP) is 3.83. The lowest BCUT2D eigenvalue weighted by molar-refractivity contribution is 0.499. The van der Waals surface area contributed by atoms with E-state index in [-0.39, 0.29) is 35.8 Å². The zero-order valence-electron chi connectivity index (χ0n) is 16.2. The molecule has 1 aromatic heterocycles. The number of rotatable bonds is 5. The summed E-state index contributed by atoms with van der Waals surface area (Å²) in [4.78, 5) is 4.56. The van der Waals surface area contributed by atoms with Crippen LogP contribution in [0.25, 0.3) is 0 Å². The average Bonchev–Trinajstić information content (AvgIpc) is 3.05. The third-order valence-corrected chi connectivity index (χ3v) is 4.68. The van der Waals surface area contributed by atoms with Crippen molar-refractivity contribution in [2.24, 2.45) is 4.99 Å². The van der Waals surface area contributed by atoms with Crippen molar-refractivity contribution < 1.29 is 4.39 Å². The summed E-state index contributed by atoms with van der Waals surface area (Å²) in [5.74, 6) is 0.515. The molecule has 27 heavy (non-hydrogen) atoms.